The van der Waals surface area contributed by atoms with E-state index in [1.165, 1.54) is 0 Å². The quantitative estimate of drug-likeness (QED) is 0.842. The number of carboxylic acid groups (broad SMARTS) is 1. The third-order valence-electron chi connectivity index (χ3n) is 3.45. The van der Waals surface area contributed by atoms with E-state index in [0.717, 1.165) is 12.2 Å². The summed E-state index contributed by atoms with van der Waals surface area (Å²) in [6.45, 7) is 4.64. The molecule has 0 amide bonds. The van der Waals surface area contributed by atoms with Gasteiger partial charge in [0.15, 0.2) is 5.82 Å². The molecule has 0 aliphatic carbocycles. The first-order chi connectivity index (χ1) is 8.63. The van der Waals surface area contributed by atoms with Crippen molar-refractivity contribution in [2.75, 3.05) is 6.61 Å². The topological polar surface area (TPSA) is 90.1 Å². The molecule has 2 rings (SSSR count). The molecule has 0 radical (unpaired) electrons. The van der Waals surface area contributed by atoms with Crippen molar-refractivity contribution in [3.8, 4) is 0 Å². The van der Waals surface area contributed by atoms with Crippen LogP contribution >= 0.6 is 0 Å². The van der Waals surface area contributed by atoms with Crippen LogP contribution in [-0.4, -0.2) is 44.0 Å². The van der Waals surface area contributed by atoms with Crippen molar-refractivity contribution in [1.29, 1.82) is 0 Å². The molecule has 0 spiro atoms. The molecule has 2 heterocycles. The van der Waals surface area contributed by atoms with Crippen LogP contribution in [-0.2, 0) is 9.53 Å². The molecule has 18 heavy (non-hydrogen) atoms. The van der Waals surface area contributed by atoms with Gasteiger partial charge in [-0.3, -0.25) is 4.79 Å². The van der Waals surface area contributed by atoms with E-state index < -0.39 is 5.97 Å². The summed E-state index contributed by atoms with van der Waals surface area (Å²) in [5.74, 6) is 0.0648. The molecule has 7 nitrogen and oxygen atoms in total. The van der Waals surface area contributed by atoms with E-state index in [2.05, 4.69) is 15.5 Å². The fraction of sp³-hybridized carbons (Fsp3) is 0.818. The highest BCUT2D eigenvalue weighted by Gasteiger charge is 2.32. The van der Waals surface area contributed by atoms with Crippen LogP contribution in [0.15, 0.2) is 0 Å². The van der Waals surface area contributed by atoms with Crippen molar-refractivity contribution >= 4 is 5.97 Å². The summed E-state index contributed by atoms with van der Waals surface area (Å²) < 4.78 is 7.17. The molecular weight excluding hydrogens is 236 g/mol. The van der Waals surface area contributed by atoms with Gasteiger partial charge in [0.1, 0.15) is 0 Å². The van der Waals surface area contributed by atoms with Gasteiger partial charge in [-0.05, 0) is 30.2 Å². The van der Waals surface area contributed by atoms with Crippen LogP contribution in [0.2, 0.25) is 0 Å². The van der Waals surface area contributed by atoms with Crippen LogP contribution in [0, 0.1) is 0 Å². The highest BCUT2D eigenvalue weighted by atomic mass is 16.5. The number of ether oxygens (including phenoxy) is 1. The third-order valence-corrected chi connectivity index (χ3v) is 3.45. The molecule has 0 saturated carbocycles. The molecule has 1 aliphatic heterocycles. The summed E-state index contributed by atoms with van der Waals surface area (Å²) in [6, 6.07) is -0.194. The lowest BCUT2D eigenvalue weighted by Crippen LogP contribution is -2.21. The van der Waals surface area contributed by atoms with Crippen LogP contribution in [0.1, 0.15) is 50.9 Å². The number of aliphatic carboxylic acids is 1. The number of hydrogen-bond donors (Lipinski definition) is 1. The number of tetrazole rings is 1. The van der Waals surface area contributed by atoms with E-state index in [4.69, 9.17) is 9.84 Å². The van der Waals surface area contributed by atoms with Crippen molar-refractivity contribution in [3.63, 3.8) is 0 Å². The zero-order valence-corrected chi connectivity index (χ0v) is 10.6. The Hall–Kier alpha value is -1.50. The summed E-state index contributed by atoms with van der Waals surface area (Å²) in [6.07, 6.45) is 1.69. The Morgan fingerprint density at radius 3 is 3.00 bits per heavy atom. The van der Waals surface area contributed by atoms with Crippen molar-refractivity contribution in [2.45, 2.75) is 51.2 Å². The Kier molecular flexibility index (Phi) is 3.90. The largest absolute Gasteiger partial charge is 0.481 e. The number of rotatable bonds is 5. The second kappa shape index (κ2) is 5.43. The molecule has 3 unspecified atom stereocenters. The average molecular weight is 254 g/mol. The average Bonchev–Trinajstić information content (AvgIpc) is 2.93. The fourth-order valence-corrected chi connectivity index (χ4v) is 2.38. The van der Waals surface area contributed by atoms with E-state index in [0.29, 0.717) is 13.0 Å². The lowest BCUT2D eigenvalue weighted by molar-refractivity contribution is -0.138. The van der Waals surface area contributed by atoms with Gasteiger partial charge in [0.05, 0.1) is 18.6 Å². The maximum atomic E-state index is 10.9. The number of carbonyl (C=O) groups is 1. The normalized spacial score (nSPS) is 25.2. The van der Waals surface area contributed by atoms with Crippen LogP contribution < -0.4 is 0 Å². The summed E-state index contributed by atoms with van der Waals surface area (Å²) in [5, 5.41) is 20.6. The maximum Gasteiger partial charge on any atom is 0.305 e. The van der Waals surface area contributed by atoms with Gasteiger partial charge in [0, 0.05) is 12.5 Å². The minimum absolute atomic E-state index is 0.0382. The van der Waals surface area contributed by atoms with E-state index in [1.54, 1.807) is 4.68 Å². The van der Waals surface area contributed by atoms with Crippen LogP contribution in [0.4, 0.5) is 0 Å². The summed E-state index contributed by atoms with van der Waals surface area (Å²) in [4.78, 5) is 10.9. The number of nitrogens with zero attached hydrogens (tertiary/aromatic N) is 4. The Labute approximate surface area is 105 Å². The van der Waals surface area contributed by atoms with E-state index in [-0.39, 0.29) is 24.5 Å². The van der Waals surface area contributed by atoms with Gasteiger partial charge in [0.2, 0.25) is 0 Å². The van der Waals surface area contributed by atoms with Crippen LogP contribution in [0.25, 0.3) is 0 Å². The van der Waals surface area contributed by atoms with Crippen LogP contribution in [0.5, 0.6) is 0 Å². The molecule has 7 heteroatoms. The molecule has 1 aromatic rings. The van der Waals surface area contributed by atoms with Gasteiger partial charge in [-0.15, -0.1) is 5.10 Å². The van der Waals surface area contributed by atoms with Crippen LogP contribution in [0.3, 0.4) is 0 Å². The first-order valence-corrected chi connectivity index (χ1v) is 6.24. The SMILES string of the molecule is CCC(CC(=O)O)n1nnnc1C1CCOC1C. The minimum atomic E-state index is -0.834. The molecule has 1 saturated heterocycles. The van der Waals surface area contributed by atoms with E-state index in [9.17, 15) is 4.79 Å². The Balaban J connectivity index is 2.22. The van der Waals surface area contributed by atoms with Gasteiger partial charge in [-0.1, -0.05) is 6.92 Å². The molecule has 0 aromatic carbocycles. The molecular formula is C11H18N4O3. The minimum Gasteiger partial charge on any atom is -0.481 e. The lowest BCUT2D eigenvalue weighted by Gasteiger charge is -2.18. The van der Waals surface area contributed by atoms with Crippen molar-refractivity contribution in [3.05, 3.63) is 5.82 Å². The van der Waals surface area contributed by atoms with E-state index >= 15 is 0 Å². The first-order valence-electron chi connectivity index (χ1n) is 6.24. The third kappa shape index (κ3) is 2.50. The molecule has 1 fully saturated rings. The van der Waals surface area contributed by atoms with E-state index in [1.807, 2.05) is 13.8 Å². The standard InChI is InChI=1S/C11H18N4O3/c1-3-8(6-10(16)17)15-11(12-13-14-15)9-4-5-18-7(9)2/h7-9H,3-6H2,1-2H3,(H,16,17). The zero-order valence-electron chi connectivity index (χ0n) is 10.6. The molecule has 3 atom stereocenters. The molecule has 0 bridgehead atoms. The number of hydrogen-bond acceptors (Lipinski definition) is 5. The maximum absolute atomic E-state index is 10.9. The van der Waals surface area contributed by atoms with Gasteiger partial charge in [-0.25, -0.2) is 4.68 Å². The summed E-state index contributed by atoms with van der Waals surface area (Å²) >= 11 is 0. The van der Waals surface area contributed by atoms with Gasteiger partial charge >= 0.3 is 5.97 Å². The Bertz CT molecular complexity index is 420. The first kappa shape index (κ1) is 12.9. The zero-order chi connectivity index (χ0) is 13.1. The summed E-state index contributed by atoms with van der Waals surface area (Å²) in [7, 11) is 0. The molecule has 1 N–H and O–H groups in total. The van der Waals surface area contributed by atoms with Crippen molar-refractivity contribution in [1.82, 2.24) is 20.2 Å². The second-order valence-electron chi connectivity index (χ2n) is 4.61. The number of carboxylic acids is 1. The second-order valence-corrected chi connectivity index (χ2v) is 4.61. The fourth-order valence-electron chi connectivity index (χ4n) is 2.38. The Morgan fingerprint density at radius 2 is 2.44 bits per heavy atom. The van der Waals surface area contributed by atoms with Crippen molar-refractivity contribution in [2.24, 2.45) is 0 Å². The van der Waals surface area contributed by atoms with Gasteiger partial charge in [0.25, 0.3) is 0 Å². The monoisotopic (exact) mass is 254 g/mol. The predicted octanol–water partition coefficient (Wildman–Crippen LogP) is 0.991. The number of aromatic nitrogens is 4. The van der Waals surface area contributed by atoms with Gasteiger partial charge < -0.3 is 9.84 Å². The highest BCUT2D eigenvalue weighted by Crippen LogP contribution is 2.31. The highest BCUT2D eigenvalue weighted by molar-refractivity contribution is 5.67. The molecule has 1 aromatic heterocycles. The molecule has 100 valence electrons. The Morgan fingerprint density at radius 1 is 1.67 bits per heavy atom. The smallest absolute Gasteiger partial charge is 0.305 e. The lowest BCUT2D eigenvalue weighted by atomic mass is 10.0. The van der Waals surface area contributed by atoms with Crippen molar-refractivity contribution < 1.29 is 14.6 Å². The van der Waals surface area contributed by atoms with Gasteiger partial charge in [-0.2, -0.15) is 0 Å². The summed E-state index contributed by atoms with van der Waals surface area (Å²) in [5.41, 5.74) is 0. The predicted molar refractivity (Wildman–Crippen MR) is 62.2 cm³/mol. The molecule has 1 aliphatic rings.